The Hall–Kier alpha value is -2.38. The predicted octanol–water partition coefficient (Wildman–Crippen LogP) is 0.760. The number of esters is 1. The van der Waals surface area contributed by atoms with Crippen molar-refractivity contribution in [2.75, 3.05) is 30.8 Å². The lowest BCUT2D eigenvalue weighted by atomic mass is 10.4. The van der Waals surface area contributed by atoms with Crippen molar-refractivity contribution in [1.29, 1.82) is 0 Å². The van der Waals surface area contributed by atoms with Gasteiger partial charge in [-0.25, -0.2) is 4.98 Å². The van der Waals surface area contributed by atoms with Gasteiger partial charge in [-0.2, -0.15) is 9.97 Å². The zero-order valence-corrected chi connectivity index (χ0v) is 10.9. The molecule has 0 spiro atoms. The smallest absolute Gasteiger partial charge is 0.307 e. The molecule has 0 atom stereocenters. The van der Waals surface area contributed by atoms with Crippen molar-refractivity contribution in [3.63, 3.8) is 0 Å². The van der Waals surface area contributed by atoms with Gasteiger partial charge in [-0.3, -0.25) is 4.79 Å². The summed E-state index contributed by atoms with van der Waals surface area (Å²) in [6.45, 7) is 2.61. The number of carbonyl (C=O) groups is 1. The van der Waals surface area contributed by atoms with Crippen LogP contribution in [0.15, 0.2) is 6.33 Å². The highest BCUT2D eigenvalue weighted by atomic mass is 16.5. The Labute approximate surface area is 110 Å². The second-order valence-corrected chi connectivity index (χ2v) is 3.73. The molecular formula is C11H16N6O2. The van der Waals surface area contributed by atoms with Gasteiger partial charge >= 0.3 is 5.97 Å². The van der Waals surface area contributed by atoms with Gasteiger partial charge in [0.15, 0.2) is 11.5 Å². The van der Waals surface area contributed by atoms with E-state index in [4.69, 9.17) is 4.74 Å². The lowest BCUT2D eigenvalue weighted by Crippen LogP contribution is -2.13. The minimum atomic E-state index is -0.237. The van der Waals surface area contributed by atoms with Crippen molar-refractivity contribution in [3.8, 4) is 0 Å². The van der Waals surface area contributed by atoms with Crippen LogP contribution < -0.4 is 10.6 Å². The molecule has 0 unspecified atom stereocenters. The molecule has 2 aromatic heterocycles. The molecule has 8 heteroatoms. The van der Waals surface area contributed by atoms with E-state index in [2.05, 4.69) is 30.6 Å². The number of ether oxygens (including phenoxy) is 1. The third-order valence-corrected chi connectivity index (χ3v) is 2.44. The average Bonchev–Trinajstić information content (AvgIpc) is 2.87. The van der Waals surface area contributed by atoms with Gasteiger partial charge in [0.1, 0.15) is 5.52 Å². The fourth-order valence-electron chi connectivity index (χ4n) is 1.59. The molecule has 2 aromatic rings. The van der Waals surface area contributed by atoms with Gasteiger partial charge in [0, 0.05) is 13.6 Å². The van der Waals surface area contributed by atoms with Crippen LogP contribution in [0.1, 0.15) is 13.3 Å². The molecule has 0 aliphatic heterocycles. The monoisotopic (exact) mass is 264 g/mol. The number of hydrogen-bond donors (Lipinski definition) is 3. The van der Waals surface area contributed by atoms with E-state index in [9.17, 15) is 4.79 Å². The van der Waals surface area contributed by atoms with Crippen LogP contribution in [0.25, 0.3) is 11.2 Å². The van der Waals surface area contributed by atoms with E-state index in [0.717, 1.165) is 0 Å². The fraction of sp³-hybridized carbons (Fsp3) is 0.455. The van der Waals surface area contributed by atoms with Crippen LogP contribution in [-0.4, -0.2) is 46.1 Å². The molecular weight excluding hydrogens is 248 g/mol. The van der Waals surface area contributed by atoms with E-state index in [1.165, 1.54) is 0 Å². The Kier molecular flexibility index (Phi) is 4.11. The van der Waals surface area contributed by atoms with Gasteiger partial charge in [0.2, 0.25) is 5.95 Å². The highest BCUT2D eigenvalue weighted by Gasteiger charge is 2.09. The van der Waals surface area contributed by atoms with E-state index >= 15 is 0 Å². The van der Waals surface area contributed by atoms with E-state index in [1.807, 2.05) is 0 Å². The normalized spacial score (nSPS) is 10.4. The van der Waals surface area contributed by atoms with E-state index in [-0.39, 0.29) is 12.4 Å². The number of imidazole rings is 1. The maximum atomic E-state index is 11.2. The number of H-pyrrole nitrogens is 1. The summed E-state index contributed by atoms with van der Waals surface area (Å²) in [6, 6.07) is 0. The van der Waals surface area contributed by atoms with Crippen molar-refractivity contribution in [3.05, 3.63) is 6.33 Å². The van der Waals surface area contributed by atoms with Crippen LogP contribution in [0, 0.1) is 0 Å². The second kappa shape index (κ2) is 5.98. The first-order chi connectivity index (χ1) is 9.24. The van der Waals surface area contributed by atoms with Crippen molar-refractivity contribution in [2.24, 2.45) is 0 Å². The third-order valence-electron chi connectivity index (χ3n) is 2.44. The minimum absolute atomic E-state index is 0.237. The summed E-state index contributed by atoms with van der Waals surface area (Å²) in [5.41, 5.74) is 1.28. The Morgan fingerprint density at radius 3 is 3.05 bits per heavy atom. The van der Waals surface area contributed by atoms with Crippen LogP contribution in [-0.2, 0) is 9.53 Å². The fourth-order valence-corrected chi connectivity index (χ4v) is 1.59. The minimum Gasteiger partial charge on any atom is -0.466 e. The van der Waals surface area contributed by atoms with Crippen molar-refractivity contribution in [1.82, 2.24) is 19.9 Å². The maximum Gasteiger partial charge on any atom is 0.307 e. The first kappa shape index (κ1) is 13.1. The summed E-state index contributed by atoms with van der Waals surface area (Å²) in [5, 5.41) is 5.94. The van der Waals surface area contributed by atoms with Gasteiger partial charge in [-0.1, -0.05) is 0 Å². The summed E-state index contributed by atoms with van der Waals surface area (Å²) in [5.74, 6) is 0.841. The van der Waals surface area contributed by atoms with E-state index in [0.29, 0.717) is 36.1 Å². The highest BCUT2D eigenvalue weighted by Crippen LogP contribution is 2.18. The number of nitrogens with one attached hydrogen (secondary N) is 3. The molecule has 102 valence electrons. The largest absolute Gasteiger partial charge is 0.466 e. The molecule has 3 N–H and O–H groups in total. The van der Waals surface area contributed by atoms with Crippen LogP contribution >= 0.6 is 0 Å². The number of rotatable bonds is 6. The number of aromatic nitrogens is 4. The van der Waals surface area contributed by atoms with Gasteiger partial charge in [0.05, 0.1) is 19.4 Å². The molecule has 2 heterocycles. The number of carbonyl (C=O) groups excluding carboxylic acids is 1. The molecule has 0 amide bonds. The predicted molar refractivity (Wildman–Crippen MR) is 71.0 cm³/mol. The Morgan fingerprint density at radius 1 is 1.47 bits per heavy atom. The van der Waals surface area contributed by atoms with Gasteiger partial charge in [0.25, 0.3) is 0 Å². The SMILES string of the molecule is CCOC(=O)CCNc1nc(NC)nc2nc[nH]c12. The second-order valence-electron chi connectivity index (χ2n) is 3.73. The molecule has 2 rings (SSSR count). The topological polar surface area (TPSA) is 105 Å². The van der Waals surface area contributed by atoms with Crippen LogP contribution in [0.4, 0.5) is 11.8 Å². The number of aromatic amines is 1. The van der Waals surface area contributed by atoms with Crippen LogP contribution in [0.3, 0.4) is 0 Å². The first-order valence-corrected chi connectivity index (χ1v) is 6.03. The quantitative estimate of drug-likeness (QED) is 0.661. The molecule has 0 fully saturated rings. The molecule has 0 aliphatic carbocycles. The van der Waals surface area contributed by atoms with Crippen LogP contribution in [0.5, 0.6) is 0 Å². The van der Waals surface area contributed by atoms with E-state index in [1.54, 1.807) is 20.3 Å². The van der Waals surface area contributed by atoms with Gasteiger partial charge in [-0.05, 0) is 6.92 Å². The summed E-state index contributed by atoms with van der Waals surface area (Å²) in [6.07, 6.45) is 1.83. The molecule has 0 aliphatic rings. The number of fused-ring (bicyclic) bond motifs is 1. The number of anilines is 2. The number of hydrogen-bond acceptors (Lipinski definition) is 7. The first-order valence-electron chi connectivity index (χ1n) is 6.03. The lowest BCUT2D eigenvalue weighted by molar-refractivity contribution is -0.142. The molecule has 0 aromatic carbocycles. The third kappa shape index (κ3) is 3.09. The van der Waals surface area contributed by atoms with Crippen molar-refractivity contribution in [2.45, 2.75) is 13.3 Å². The Morgan fingerprint density at radius 2 is 2.32 bits per heavy atom. The van der Waals surface area contributed by atoms with E-state index < -0.39 is 0 Å². The molecule has 8 nitrogen and oxygen atoms in total. The Bertz CT molecular complexity index is 567. The molecule has 0 saturated heterocycles. The highest BCUT2D eigenvalue weighted by molar-refractivity contribution is 5.83. The lowest BCUT2D eigenvalue weighted by Gasteiger charge is -2.07. The summed E-state index contributed by atoms with van der Waals surface area (Å²) in [7, 11) is 1.73. The zero-order valence-electron chi connectivity index (χ0n) is 10.9. The summed E-state index contributed by atoms with van der Waals surface area (Å²) < 4.78 is 4.85. The molecule has 0 bridgehead atoms. The number of nitrogens with zero attached hydrogens (tertiary/aromatic N) is 3. The van der Waals surface area contributed by atoms with Crippen molar-refractivity contribution >= 4 is 28.9 Å². The van der Waals surface area contributed by atoms with Crippen molar-refractivity contribution < 1.29 is 9.53 Å². The standard InChI is InChI=1S/C11H16N6O2/c1-3-19-7(18)4-5-13-9-8-10(15-6-14-8)17-11(12-2)16-9/h6H,3-5H2,1-2H3,(H3,12,13,14,15,16,17). The molecule has 0 radical (unpaired) electrons. The van der Waals surface area contributed by atoms with Gasteiger partial charge in [-0.15, -0.1) is 0 Å². The van der Waals surface area contributed by atoms with Gasteiger partial charge < -0.3 is 20.4 Å². The maximum absolute atomic E-state index is 11.2. The average molecular weight is 264 g/mol. The molecule has 19 heavy (non-hydrogen) atoms. The Balaban J connectivity index is 2.07. The summed E-state index contributed by atoms with van der Waals surface area (Å²) >= 11 is 0. The zero-order chi connectivity index (χ0) is 13.7. The molecule has 0 saturated carbocycles. The summed E-state index contributed by atoms with van der Waals surface area (Å²) in [4.78, 5) is 26.8. The van der Waals surface area contributed by atoms with Crippen LogP contribution in [0.2, 0.25) is 0 Å².